The molecule has 0 aliphatic carbocycles. The average Bonchev–Trinajstić information content (AvgIpc) is 4.18. The van der Waals surface area contributed by atoms with Crippen molar-refractivity contribution in [1.29, 1.82) is 0 Å². The van der Waals surface area contributed by atoms with E-state index in [1.165, 1.54) is 4.90 Å². The van der Waals surface area contributed by atoms with Crippen molar-refractivity contribution in [1.82, 2.24) is 41.8 Å². The third-order valence-corrected chi connectivity index (χ3v) is 13.7. The van der Waals surface area contributed by atoms with Gasteiger partial charge in [-0.25, -0.2) is 4.79 Å². The number of amides is 7. The molecule has 7 atom stereocenters. The molecule has 0 unspecified atom stereocenters. The number of rotatable bonds is 17. The first-order valence-corrected chi connectivity index (χ1v) is 27.0. The maximum absolute atomic E-state index is 15.3. The molecule has 2 fully saturated rings. The van der Waals surface area contributed by atoms with E-state index in [1.54, 1.807) is 85.1 Å². The van der Waals surface area contributed by atoms with Crippen LogP contribution in [0.25, 0.3) is 10.9 Å². The predicted octanol–water partition coefficient (Wildman–Crippen LogP) is 3.46. The van der Waals surface area contributed by atoms with Gasteiger partial charge in [-0.15, -0.1) is 0 Å². The summed E-state index contributed by atoms with van der Waals surface area (Å²) in [6.45, 7) is 1.70. The summed E-state index contributed by atoms with van der Waals surface area (Å²) in [6, 6.07) is 33.6. The monoisotopic (exact) mass is 1110 g/mol. The summed E-state index contributed by atoms with van der Waals surface area (Å²) in [5, 5.41) is 25.3. The third kappa shape index (κ3) is 17.5. The van der Waals surface area contributed by atoms with Crippen molar-refractivity contribution in [2.75, 3.05) is 26.2 Å². The lowest BCUT2D eigenvalue weighted by atomic mass is 9.99. The lowest BCUT2D eigenvalue weighted by molar-refractivity contribution is -0.143. The predicted molar refractivity (Wildman–Crippen MR) is 302 cm³/mol. The van der Waals surface area contributed by atoms with Gasteiger partial charge in [-0.1, -0.05) is 121 Å². The zero-order chi connectivity index (χ0) is 57.7. The van der Waals surface area contributed by atoms with Crippen molar-refractivity contribution < 1.29 is 52.9 Å². The number of aliphatic carboxylic acids is 1. The first kappa shape index (κ1) is 59.6. The molecular weight excluding hydrogens is 1040 g/mol. The third-order valence-electron chi connectivity index (χ3n) is 13.7. The quantitative estimate of drug-likeness (QED) is 0.0586. The van der Waals surface area contributed by atoms with E-state index in [1.807, 2.05) is 60.7 Å². The van der Waals surface area contributed by atoms with Gasteiger partial charge in [-0.3, -0.25) is 33.6 Å². The van der Waals surface area contributed by atoms with Gasteiger partial charge in [-0.2, -0.15) is 0 Å². The van der Waals surface area contributed by atoms with Crippen LogP contribution in [0.2, 0.25) is 0 Å². The second kappa shape index (κ2) is 29.8. The first-order valence-electron chi connectivity index (χ1n) is 27.0. The molecule has 426 valence electrons. The summed E-state index contributed by atoms with van der Waals surface area (Å²) >= 11 is 0. The molecule has 0 spiro atoms. The number of ether oxygens (including phenoxy) is 2. The first-order chi connectivity index (χ1) is 39.2. The summed E-state index contributed by atoms with van der Waals surface area (Å²) in [7, 11) is 0. The van der Waals surface area contributed by atoms with Crippen LogP contribution in [0.5, 0.6) is 5.75 Å². The van der Waals surface area contributed by atoms with Crippen LogP contribution in [-0.4, -0.2) is 125 Å². The topological polar surface area (TPSA) is 318 Å². The zero-order valence-electron chi connectivity index (χ0n) is 45.0. The molecule has 7 amide bonds. The van der Waals surface area contributed by atoms with E-state index in [-0.39, 0.29) is 51.7 Å². The molecule has 21 nitrogen and oxygen atoms in total. The number of nitrogens with one attached hydrogen (secondary N) is 7. The number of benzene rings is 5. The fraction of sp³-hybridized carbons (Fsp3) is 0.333. The molecular formula is C60H70N10O11. The number of unbranched alkanes of at least 4 members (excludes halogenated alkanes) is 1. The number of aromatic amines is 1. The number of hydrogen-bond donors (Lipinski definition) is 10. The minimum atomic E-state index is -1.42. The Labute approximate surface area is 469 Å². The zero-order valence-corrected chi connectivity index (χ0v) is 45.0. The number of fused-ring (bicyclic) bond motifs is 2. The number of carbonyl (C=O) groups is 8. The van der Waals surface area contributed by atoms with E-state index in [2.05, 4.69) is 36.9 Å². The highest BCUT2D eigenvalue weighted by atomic mass is 16.6. The van der Waals surface area contributed by atoms with E-state index < -0.39 is 89.9 Å². The molecule has 81 heavy (non-hydrogen) atoms. The number of para-hydroxylation sites is 1. The van der Waals surface area contributed by atoms with Crippen LogP contribution < -0.4 is 48.1 Å². The van der Waals surface area contributed by atoms with Crippen molar-refractivity contribution in [3.8, 4) is 5.75 Å². The van der Waals surface area contributed by atoms with Crippen LogP contribution in [0.4, 0.5) is 4.79 Å². The van der Waals surface area contributed by atoms with Gasteiger partial charge in [0.05, 0.1) is 6.54 Å². The van der Waals surface area contributed by atoms with Crippen molar-refractivity contribution in [3.63, 3.8) is 0 Å². The van der Waals surface area contributed by atoms with Crippen molar-refractivity contribution in [2.45, 2.75) is 101 Å². The number of carboxylic acid groups (broad SMARTS) is 1. The molecule has 0 bridgehead atoms. The summed E-state index contributed by atoms with van der Waals surface area (Å²) in [4.78, 5) is 116. The van der Waals surface area contributed by atoms with E-state index in [9.17, 15) is 24.0 Å². The number of hydrogen-bond acceptors (Lipinski definition) is 12. The van der Waals surface area contributed by atoms with E-state index in [0.29, 0.717) is 54.0 Å². The van der Waals surface area contributed by atoms with E-state index >= 15 is 9.59 Å². The van der Waals surface area contributed by atoms with Crippen LogP contribution in [0.1, 0.15) is 66.5 Å². The summed E-state index contributed by atoms with van der Waals surface area (Å²) in [5.41, 5.74) is 15.7. The van der Waals surface area contributed by atoms with Crippen molar-refractivity contribution in [2.24, 2.45) is 11.5 Å². The fourth-order valence-corrected chi connectivity index (χ4v) is 9.65. The molecule has 1 aromatic heterocycles. The standard InChI is InChI=1S/C58H66N10O9.C2H4O2/c59-27-13-12-22-46-52(69)64-47(30-38-23-25-42(26-24-38)76-36-39-16-6-2-7-17-39)53(70)66-49(31-37-14-4-1-5-15-37)57(74)68-35-43(77-58(75)61-29-28-60)33-50(68)55(72)67-51(40-18-8-3-9-19-40)56(73)65-48(54(71)63-46)32-41-34-62-45-21-11-10-20-44(41)45;1-2(3)4/h1-11,14-21,23-26,34,43,46-51,62H,12-13,22,27-33,35-36,59-60H2,(H,61,75)(H,63,71)(H,64,69)(H,65,73)(H,66,70)(H,67,72);1H3,(H,3,4)/t43-,46+,47+,48-,49+,50+,51+;/m1./s1. The van der Waals surface area contributed by atoms with Gasteiger partial charge >= 0.3 is 6.09 Å². The SMILES string of the molecule is CC(=O)O.NCCCC[C@@H]1NC(=O)[C@@H](Cc2c[nH]c3ccccc23)NC(=O)[C@H](c2ccccc2)NC(=O)[C@@H]2C[C@@H](OC(=O)NCCN)CN2C(=O)[C@H](Cc2ccccc2)NC(=O)[C@H](Cc2ccc(OCc3ccccc3)cc2)NC1=O. The van der Waals surface area contributed by atoms with Crippen LogP contribution >= 0.6 is 0 Å². The Kier molecular flexibility index (Phi) is 21.9. The summed E-state index contributed by atoms with van der Waals surface area (Å²) in [5.74, 6) is -4.59. The van der Waals surface area contributed by atoms with Gasteiger partial charge in [0, 0.05) is 62.8 Å². The molecule has 0 radical (unpaired) electrons. The van der Waals surface area contributed by atoms with Crippen LogP contribution in [0, 0.1) is 0 Å². The van der Waals surface area contributed by atoms with Gasteiger partial charge < -0.3 is 67.8 Å². The Hall–Kier alpha value is -9.08. The molecule has 12 N–H and O–H groups in total. The number of alkyl carbamates (subject to hydrolysis) is 1. The summed E-state index contributed by atoms with van der Waals surface area (Å²) in [6.07, 6.45) is 0.652. The molecule has 2 aliphatic rings. The van der Waals surface area contributed by atoms with Crippen LogP contribution in [0.15, 0.2) is 146 Å². The van der Waals surface area contributed by atoms with Gasteiger partial charge in [0.2, 0.25) is 35.4 Å². The average molecular weight is 1110 g/mol. The van der Waals surface area contributed by atoms with Gasteiger partial charge in [-0.05, 0) is 71.8 Å². The van der Waals surface area contributed by atoms with Crippen molar-refractivity contribution in [3.05, 3.63) is 174 Å². The molecule has 8 rings (SSSR count). The molecule has 21 heteroatoms. The lowest BCUT2D eigenvalue weighted by Gasteiger charge is -2.32. The number of nitrogens with two attached hydrogens (primary N) is 2. The minimum Gasteiger partial charge on any atom is -0.489 e. The number of carbonyl (C=O) groups excluding carboxylic acids is 7. The van der Waals surface area contributed by atoms with Gasteiger partial charge in [0.1, 0.15) is 54.7 Å². The largest absolute Gasteiger partial charge is 0.489 e. The van der Waals surface area contributed by atoms with Gasteiger partial charge in [0.15, 0.2) is 0 Å². The summed E-state index contributed by atoms with van der Waals surface area (Å²) < 4.78 is 11.8. The van der Waals surface area contributed by atoms with E-state index in [0.717, 1.165) is 23.4 Å². The smallest absolute Gasteiger partial charge is 0.407 e. The molecule has 2 saturated heterocycles. The highest BCUT2D eigenvalue weighted by Crippen LogP contribution is 2.26. The normalized spacial score (nSPS) is 20.8. The maximum atomic E-state index is 15.3. The fourth-order valence-electron chi connectivity index (χ4n) is 9.65. The lowest BCUT2D eigenvalue weighted by Crippen LogP contribution is -2.61. The minimum absolute atomic E-state index is 0.0385. The van der Waals surface area contributed by atoms with Crippen LogP contribution in [-0.2, 0) is 64.2 Å². The molecule has 5 aromatic carbocycles. The Morgan fingerprint density at radius 3 is 1.84 bits per heavy atom. The Bertz CT molecular complexity index is 3070. The second-order valence-corrected chi connectivity index (χ2v) is 19.8. The number of nitrogens with zero attached hydrogens (tertiary/aromatic N) is 1. The molecule has 6 aromatic rings. The Balaban J connectivity index is 0.00000229. The second-order valence-electron chi connectivity index (χ2n) is 19.8. The van der Waals surface area contributed by atoms with Crippen LogP contribution in [0.3, 0.4) is 0 Å². The molecule has 2 aliphatic heterocycles. The number of carboxylic acids is 1. The Morgan fingerprint density at radius 1 is 0.617 bits per heavy atom. The molecule has 3 heterocycles. The number of H-pyrrole nitrogens is 1. The van der Waals surface area contributed by atoms with Gasteiger partial charge in [0.25, 0.3) is 5.97 Å². The highest BCUT2D eigenvalue weighted by molar-refractivity contribution is 5.99. The van der Waals surface area contributed by atoms with E-state index in [4.69, 9.17) is 30.8 Å². The maximum Gasteiger partial charge on any atom is 0.407 e. The van der Waals surface area contributed by atoms with Crippen molar-refractivity contribution >= 4 is 58.4 Å². The number of aromatic nitrogens is 1. The molecule has 0 saturated carbocycles. The highest BCUT2D eigenvalue weighted by Gasteiger charge is 2.45. The Morgan fingerprint density at radius 2 is 1.17 bits per heavy atom.